The summed E-state index contributed by atoms with van der Waals surface area (Å²) in [4.78, 5) is 11.6. The van der Waals surface area contributed by atoms with Gasteiger partial charge in [0.15, 0.2) is 0 Å². The maximum Gasteiger partial charge on any atom is 0.284 e. The van der Waals surface area contributed by atoms with E-state index >= 15 is 0 Å². The number of amides is 1. The number of carbonyl (C=O) groups excluding carboxylic acids is 1. The molecule has 0 saturated heterocycles. The summed E-state index contributed by atoms with van der Waals surface area (Å²) in [6.07, 6.45) is 0. The summed E-state index contributed by atoms with van der Waals surface area (Å²) in [5.74, 6) is -0.496. The predicted octanol–water partition coefficient (Wildman–Crippen LogP) is 2.63. The van der Waals surface area contributed by atoms with Gasteiger partial charge in [-0.2, -0.15) is 0 Å². The number of hydroxylamine groups is 1. The van der Waals surface area contributed by atoms with Gasteiger partial charge in [0.2, 0.25) is 0 Å². The Bertz CT molecular complexity index is 494. The maximum atomic E-state index is 11.1. The van der Waals surface area contributed by atoms with E-state index in [1.54, 1.807) is 23.7 Å². The third-order valence-corrected chi connectivity index (χ3v) is 2.98. The Morgan fingerprint density at radius 3 is 2.69 bits per heavy atom. The second kappa shape index (κ2) is 5.48. The van der Waals surface area contributed by atoms with Crippen LogP contribution in [0.2, 0.25) is 0 Å². The van der Waals surface area contributed by atoms with Gasteiger partial charge in [-0.25, -0.2) is 5.48 Å². The third-order valence-electron chi connectivity index (χ3n) is 1.87. The summed E-state index contributed by atoms with van der Waals surface area (Å²) in [6, 6.07) is 7.12. The van der Waals surface area contributed by atoms with E-state index in [9.17, 15) is 4.79 Å². The largest absolute Gasteiger partial charge is 0.399 e. The van der Waals surface area contributed by atoms with Gasteiger partial charge in [-0.3, -0.25) is 10.0 Å². The molecule has 0 atom stereocenters. The molecule has 2 rings (SSSR count). The lowest BCUT2D eigenvalue weighted by molar-refractivity contribution is 0.0711. The van der Waals surface area contributed by atoms with Gasteiger partial charge >= 0.3 is 0 Å². The molecule has 1 amide bonds. The molecule has 2 aromatic rings. The van der Waals surface area contributed by atoms with Crippen LogP contribution < -0.4 is 11.2 Å². The Morgan fingerprint density at radius 2 is 2.06 bits per heavy atom. The van der Waals surface area contributed by atoms with Crippen LogP contribution in [0.5, 0.6) is 0 Å². The van der Waals surface area contributed by atoms with Crippen molar-refractivity contribution in [3.05, 3.63) is 29.1 Å². The van der Waals surface area contributed by atoms with Crippen LogP contribution in [0.1, 0.15) is 23.5 Å². The number of benzene rings is 1. The molecule has 0 unspecified atom stereocenters. The molecule has 0 bridgehead atoms. The van der Waals surface area contributed by atoms with Gasteiger partial charge in [0.1, 0.15) is 0 Å². The molecule has 16 heavy (non-hydrogen) atoms. The number of thiophene rings is 1. The van der Waals surface area contributed by atoms with Crippen LogP contribution in [0.4, 0.5) is 5.69 Å². The van der Waals surface area contributed by atoms with Crippen LogP contribution in [0, 0.1) is 0 Å². The molecule has 0 fully saturated rings. The minimum atomic E-state index is -0.496. The molecular formula is C11H14N2O2S. The highest BCUT2D eigenvalue weighted by molar-refractivity contribution is 7.20. The standard InChI is InChI=1S/C9H8N2O2S.C2H6/c10-6-1-2-7-5(3-6)4-8(14-7)9(12)11-13;1-2/h1-4,13H,10H2,(H,11,12);1-2H3. The number of carbonyl (C=O) groups is 1. The minimum absolute atomic E-state index is 0.466. The normalized spacial score (nSPS) is 9.44. The molecule has 1 heterocycles. The van der Waals surface area contributed by atoms with Gasteiger partial charge in [0.05, 0.1) is 4.88 Å². The maximum absolute atomic E-state index is 11.1. The zero-order valence-electron chi connectivity index (χ0n) is 9.15. The Kier molecular flexibility index (Phi) is 4.28. The second-order valence-corrected chi connectivity index (χ2v) is 3.93. The lowest BCUT2D eigenvalue weighted by Crippen LogP contribution is -2.16. The first-order valence-corrected chi connectivity index (χ1v) is 5.76. The number of hydrogen-bond donors (Lipinski definition) is 3. The van der Waals surface area contributed by atoms with E-state index in [0.717, 1.165) is 10.1 Å². The van der Waals surface area contributed by atoms with E-state index in [1.807, 2.05) is 19.9 Å². The lowest BCUT2D eigenvalue weighted by Gasteiger charge is -1.90. The quantitative estimate of drug-likeness (QED) is 0.406. The van der Waals surface area contributed by atoms with Crippen LogP contribution in [-0.4, -0.2) is 11.1 Å². The molecular weight excluding hydrogens is 224 g/mol. The van der Waals surface area contributed by atoms with Crippen molar-refractivity contribution in [3.8, 4) is 0 Å². The Labute approximate surface area is 97.7 Å². The number of nitrogens with one attached hydrogen (secondary N) is 1. The molecule has 4 nitrogen and oxygen atoms in total. The second-order valence-electron chi connectivity index (χ2n) is 2.85. The molecule has 0 spiro atoms. The summed E-state index contributed by atoms with van der Waals surface area (Å²) in [7, 11) is 0. The fourth-order valence-electron chi connectivity index (χ4n) is 1.23. The number of nitrogen functional groups attached to an aromatic ring is 1. The molecule has 0 aliphatic heterocycles. The van der Waals surface area contributed by atoms with Gasteiger partial charge in [-0.1, -0.05) is 13.8 Å². The molecule has 0 saturated carbocycles. The number of anilines is 1. The van der Waals surface area contributed by atoms with Crippen LogP contribution >= 0.6 is 11.3 Å². The number of fused-ring (bicyclic) bond motifs is 1. The van der Waals surface area contributed by atoms with E-state index in [1.165, 1.54) is 11.3 Å². The Balaban J connectivity index is 0.000000606. The average molecular weight is 238 g/mol. The van der Waals surface area contributed by atoms with Crippen molar-refractivity contribution >= 4 is 33.0 Å². The summed E-state index contributed by atoms with van der Waals surface area (Å²) < 4.78 is 0.970. The van der Waals surface area contributed by atoms with E-state index in [0.29, 0.717) is 10.6 Å². The van der Waals surface area contributed by atoms with E-state index in [2.05, 4.69) is 0 Å². The molecule has 5 heteroatoms. The predicted molar refractivity (Wildman–Crippen MR) is 66.8 cm³/mol. The minimum Gasteiger partial charge on any atom is -0.399 e. The molecule has 0 aliphatic rings. The van der Waals surface area contributed by atoms with E-state index in [4.69, 9.17) is 10.9 Å². The number of rotatable bonds is 1. The van der Waals surface area contributed by atoms with Crippen LogP contribution in [-0.2, 0) is 0 Å². The fourth-order valence-corrected chi connectivity index (χ4v) is 2.16. The number of hydrogen-bond acceptors (Lipinski definition) is 4. The molecule has 1 aromatic heterocycles. The Hall–Kier alpha value is -1.59. The van der Waals surface area contributed by atoms with Crippen molar-refractivity contribution in [1.29, 1.82) is 0 Å². The fraction of sp³-hybridized carbons (Fsp3) is 0.182. The molecule has 86 valence electrons. The van der Waals surface area contributed by atoms with Crippen molar-refractivity contribution in [2.45, 2.75) is 13.8 Å². The molecule has 0 aliphatic carbocycles. The summed E-state index contributed by atoms with van der Waals surface area (Å²) >= 11 is 1.31. The molecule has 1 aromatic carbocycles. The van der Waals surface area contributed by atoms with Crippen molar-refractivity contribution in [1.82, 2.24) is 5.48 Å². The molecule has 0 radical (unpaired) electrons. The average Bonchev–Trinajstić information content (AvgIpc) is 2.73. The zero-order chi connectivity index (χ0) is 12.1. The van der Waals surface area contributed by atoms with Crippen molar-refractivity contribution in [3.63, 3.8) is 0 Å². The SMILES string of the molecule is CC.Nc1ccc2sc(C(=O)NO)cc2c1. The van der Waals surface area contributed by atoms with Gasteiger partial charge < -0.3 is 5.73 Å². The highest BCUT2D eigenvalue weighted by Gasteiger charge is 2.08. The Morgan fingerprint density at radius 1 is 1.38 bits per heavy atom. The van der Waals surface area contributed by atoms with E-state index in [-0.39, 0.29) is 0 Å². The zero-order valence-corrected chi connectivity index (χ0v) is 9.97. The summed E-state index contributed by atoms with van der Waals surface area (Å²) in [5.41, 5.74) is 7.85. The monoisotopic (exact) mass is 238 g/mol. The first-order valence-electron chi connectivity index (χ1n) is 4.94. The highest BCUT2D eigenvalue weighted by Crippen LogP contribution is 2.26. The van der Waals surface area contributed by atoms with Gasteiger partial charge in [-0.05, 0) is 29.7 Å². The smallest absolute Gasteiger partial charge is 0.284 e. The lowest BCUT2D eigenvalue weighted by atomic mass is 10.2. The van der Waals surface area contributed by atoms with Crippen LogP contribution in [0.3, 0.4) is 0 Å². The van der Waals surface area contributed by atoms with Gasteiger partial charge in [0, 0.05) is 10.4 Å². The van der Waals surface area contributed by atoms with E-state index < -0.39 is 5.91 Å². The first kappa shape index (κ1) is 12.5. The van der Waals surface area contributed by atoms with Crippen molar-refractivity contribution < 1.29 is 10.0 Å². The van der Waals surface area contributed by atoms with Crippen molar-refractivity contribution in [2.24, 2.45) is 0 Å². The topological polar surface area (TPSA) is 75.4 Å². The molecule has 4 N–H and O–H groups in total. The third kappa shape index (κ3) is 2.50. The summed E-state index contributed by atoms with van der Waals surface area (Å²) in [5, 5.41) is 9.36. The number of nitrogens with two attached hydrogens (primary N) is 1. The van der Waals surface area contributed by atoms with Crippen molar-refractivity contribution in [2.75, 3.05) is 5.73 Å². The van der Waals surface area contributed by atoms with Gasteiger partial charge in [0.25, 0.3) is 5.91 Å². The van der Waals surface area contributed by atoms with Crippen LogP contribution in [0.15, 0.2) is 24.3 Å². The highest BCUT2D eigenvalue weighted by atomic mass is 32.1. The van der Waals surface area contributed by atoms with Crippen LogP contribution in [0.25, 0.3) is 10.1 Å². The first-order chi connectivity index (χ1) is 7.70. The van der Waals surface area contributed by atoms with Gasteiger partial charge in [-0.15, -0.1) is 11.3 Å². The summed E-state index contributed by atoms with van der Waals surface area (Å²) in [6.45, 7) is 4.00.